The van der Waals surface area contributed by atoms with E-state index in [1.54, 1.807) is 12.1 Å². The van der Waals surface area contributed by atoms with E-state index < -0.39 is 11.7 Å². The fraction of sp³-hybridized carbons (Fsp3) is 0.571. The van der Waals surface area contributed by atoms with Gasteiger partial charge in [-0.05, 0) is 66.8 Å². The normalized spacial score (nSPS) is 20.4. The van der Waals surface area contributed by atoms with Gasteiger partial charge in [0.2, 0.25) is 0 Å². The number of hydrogen-bond acceptors (Lipinski definition) is 0. The Kier molecular flexibility index (Phi) is 8.90. The maximum Gasteiger partial charge on any atom is 0.162 e. The summed E-state index contributed by atoms with van der Waals surface area (Å²) in [6, 6.07) is 11.8. The van der Waals surface area contributed by atoms with Crippen molar-refractivity contribution in [3.05, 3.63) is 53.4 Å². The van der Waals surface area contributed by atoms with Gasteiger partial charge in [0.05, 0.1) is 0 Å². The van der Waals surface area contributed by atoms with E-state index in [9.17, 15) is 8.78 Å². The number of allylic oxidation sites excluding steroid dienone is 1. The van der Waals surface area contributed by atoms with Crippen LogP contribution in [-0.4, -0.2) is 0 Å². The van der Waals surface area contributed by atoms with Gasteiger partial charge in [0.25, 0.3) is 0 Å². The molecule has 0 nitrogen and oxygen atoms in total. The summed E-state index contributed by atoms with van der Waals surface area (Å²) >= 11 is 0. The highest BCUT2D eigenvalue weighted by atomic mass is 19.2. The lowest BCUT2D eigenvalue weighted by atomic mass is 9.79. The van der Waals surface area contributed by atoms with E-state index in [0.717, 1.165) is 42.9 Å². The van der Waals surface area contributed by atoms with Crippen molar-refractivity contribution in [2.75, 3.05) is 0 Å². The molecule has 0 N–H and O–H groups in total. The first-order valence-corrected chi connectivity index (χ1v) is 12.2. The molecule has 0 aliphatic heterocycles. The smallest absolute Gasteiger partial charge is 0.162 e. The number of rotatable bonds is 10. The number of halogens is 2. The Hall–Kier alpha value is -1.70. The molecule has 1 fully saturated rings. The molecule has 0 heterocycles. The van der Waals surface area contributed by atoms with Gasteiger partial charge in [-0.2, -0.15) is 0 Å². The monoisotopic (exact) mass is 412 g/mol. The van der Waals surface area contributed by atoms with E-state index in [2.05, 4.69) is 26.0 Å². The fourth-order valence-electron chi connectivity index (χ4n) is 4.87. The summed E-state index contributed by atoms with van der Waals surface area (Å²) in [4.78, 5) is 0. The van der Waals surface area contributed by atoms with Gasteiger partial charge in [-0.1, -0.05) is 82.7 Å². The van der Waals surface area contributed by atoms with Crippen LogP contribution in [0.4, 0.5) is 8.78 Å². The molecule has 0 amide bonds. The number of fused-ring (bicyclic) bond motifs is 1. The number of benzene rings is 2. The lowest BCUT2D eigenvalue weighted by molar-refractivity contribution is 0.258. The van der Waals surface area contributed by atoms with Crippen molar-refractivity contribution in [3.63, 3.8) is 0 Å². The van der Waals surface area contributed by atoms with E-state index in [-0.39, 0.29) is 5.92 Å². The third-order valence-electron chi connectivity index (χ3n) is 6.86. The Bertz CT molecular complexity index is 828. The molecular weight excluding hydrogens is 374 g/mol. The van der Waals surface area contributed by atoms with Gasteiger partial charge < -0.3 is 0 Å². The largest absolute Gasteiger partial charge is 0.208 e. The second-order valence-corrected chi connectivity index (χ2v) is 9.23. The van der Waals surface area contributed by atoms with E-state index in [1.165, 1.54) is 50.5 Å². The highest BCUT2D eigenvalue weighted by Crippen LogP contribution is 2.39. The van der Waals surface area contributed by atoms with Crippen LogP contribution in [0.2, 0.25) is 0 Å². The van der Waals surface area contributed by atoms with Crippen LogP contribution in [0.15, 0.2) is 42.2 Å². The van der Waals surface area contributed by atoms with Gasteiger partial charge in [-0.25, -0.2) is 8.78 Å². The summed E-state index contributed by atoms with van der Waals surface area (Å²) in [6.45, 7) is 4.43. The van der Waals surface area contributed by atoms with Gasteiger partial charge in [-0.15, -0.1) is 0 Å². The number of hydrogen-bond donors (Lipinski definition) is 0. The second-order valence-electron chi connectivity index (χ2n) is 9.23. The molecule has 30 heavy (non-hydrogen) atoms. The van der Waals surface area contributed by atoms with Gasteiger partial charge in [-0.3, -0.25) is 0 Å². The van der Waals surface area contributed by atoms with Crippen LogP contribution >= 0.6 is 0 Å². The maximum atomic E-state index is 15.0. The van der Waals surface area contributed by atoms with Crippen molar-refractivity contribution in [3.8, 4) is 0 Å². The Morgan fingerprint density at radius 2 is 1.47 bits per heavy atom. The lowest BCUT2D eigenvalue weighted by Crippen LogP contribution is -2.15. The van der Waals surface area contributed by atoms with E-state index >= 15 is 0 Å². The van der Waals surface area contributed by atoms with Crippen molar-refractivity contribution in [2.24, 2.45) is 11.8 Å². The van der Waals surface area contributed by atoms with E-state index in [1.807, 2.05) is 12.1 Å². The summed E-state index contributed by atoms with van der Waals surface area (Å²) < 4.78 is 29.9. The second kappa shape index (κ2) is 11.6. The molecule has 0 spiro atoms. The third kappa shape index (κ3) is 6.15. The van der Waals surface area contributed by atoms with E-state index in [4.69, 9.17) is 0 Å². The molecule has 3 rings (SSSR count). The Balaban J connectivity index is 1.65. The first kappa shape index (κ1) is 23.0. The van der Waals surface area contributed by atoms with Crippen LogP contribution in [0, 0.1) is 11.8 Å². The molecule has 0 radical (unpaired) electrons. The minimum atomic E-state index is -0.654. The van der Waals surface area contributed by atoms with Crippen molar-refractivity contribution >= 4 is 16.6 Å². The molecule has 1 aliphatic rings. The Labute approximate surface area is 181 Å². The topological polar surface area (TPSA) is 0 Å². The van der Waals surface area contributed by atoms with Crippen molar-refractivity contribution in [2.45, 2.75) is 90.9 Å². The van der Waals surface area contributed by atoms with Crippen molar-refractivity contribution in [1.29, 1.82) is 0 Å². The number of unbranched alkanes of at least 4 members (excludes halogenated alkanes) is 4. The zero-order valence-corrected chi connectivity index (χ0v) is 18.9. The van der Waals surface area contributed by atoms with Crippen LogP contribution in [0.1, 0.15) is 95.6 Å². The molecule has 164 valence electrons. The average Bonchev–Trinajstić information content (AvgIpc) is 2.78. The number of aryl methyl sites for hydroxylation is 1. The molecule has 0 atom stereocenters. The Morgan fingerprint density at radius 1 is 0.800 bits per heavy atom. The highest BCUT2D eigenvalue weighted by molar-refractivity contribution is 5.86. The molecule has 0 unspecified atom stereocenters. The van der Waals surface area contributed by atoms with Crippen molar-refractivity contribution < 1.29 is 8.78 Å². The minimum absolute atomic E-state index is 0.246. The molecular formula is C28H38F2. The summed E-state index contributed by atoms with van der Waals surface area (Å²) in [5.41, 5.74) is 1.70. The average molecular weight is 413 g/mol. The van der Waals surface area contributed by atoms with Gasteiger partial charge >= 0.3 is 0 Å². The first-order chi connectivity index (χ1) is 14.6. The molecule has 2 aromatic rings. The molecule has 1 saturated carbocycles. The van der Waals surface area contributed by atoms with Gasteiger partial charge in [0.1, 0.15) is 5.83 Å². The van der Waals surface area contributed by atoms with Crippen LogP contribution in [0.5, 0.6) is 0 Å². The SMILES string of the molecule is CCCCCc1ccc2cc(C(F)=C(F)C3CCC(CCCCC)CC3)ccc2c1. The highest BCUT2D eigenvalue weighted by Gasteiger charge is 2.26. The standard InChI is InChI=1S/C28H38F2/c1-3-5-7-9-21-11-14-23(15-12-21)27(29)28(30)26-18-17-24-19-22(10-8-6-4-2)13-16-25(24)20-26/h13,16-21,23H,3-12,14-15H2,1-2H3. The van der Waals surface area contributed by atoms with Crippen LogP contribution < -0.4 is 0 Å². The summed E-state index contributed by atoms with van der Waals surface area (Å²) in [5.74, 6) is -0.726. The molecule has 2 heteroatoms. The van der Waals surface area contributed by atoms with Crippen LogP contribution in [-0.2, 0) is 6.42 Å². The zero-order chi connectivity index (χ0) is 21.3. The van der Waals surface area contributed by atoms with Gasteiger partial charge in [0.15, 0.2) is 5.83 Å². The summed E-state index contributed by atoms with van der Waals surface area (Å²) in [5, 5.41) is 2.09. The predicted octanol–water partition coefficient (Wildman–Crippen LogP) is 9.57. The lowest BCUT2D eigenvalue weighted by Gasteiger charge is -2.27. The third-order valence-corrected chi connectivity index (χ3v) is 6.86. The molecule has 0 bridgehead atoms. The van der Waals surface area contributed by atoms with E-state index in [0.29, 0.717) is 11.5 Å². The Morgan fingerprint density at radius 3 is 2.20 bits per heavy atom. The van der Waals surface area contributed by atoms with Crippen LogP contribution in [0.3, 0.4) is 0 Å². The quantitative estimate of drug-likeness (QED) is 0.341. The first-order valence-electron chi connectivity index (χ1n) is 12.2. The maximum absolute atomic E-state index is 15.0. The van der Waals surface area contributed by atoms with Crippen molar-refractivity contribution in [1.82, 2.24) is 0 Å². The summed E-state index contributed by atoms with van der Waals surface area (Å²) in [7, 11) is 0. The summed E-state index contributed by atoms with van der Waals surface area (Å²) in [6.07, 6.45) is 13.4. The van der Waals surface area contributed by atoms with Crippen LogP contribution in [0.25, 0.3) is 16.6 Å². The zero-order valence-electron chi connectivity index (χ0n) is 18.9. The van der Waals surface area contributed by atoms with Gasteiger partial charge in [0, 0.05) is 11.5 Å². The predicted molar refractivity (Wildman–Crippen MR) is 126 cm³/mol. The molecule has 1 aliphatic carbocycles. The molecule has 0 saturated heterocycles. The molecule has 0 aromatic heterocycles. The minimum Gasteiger partial charge on any atom is -0.208 e. The fourth-order valence-corrected chi connectivity index (χ4v) is 4.87. The molecule has 2 aromatic carbocycles.